The first-order chi connectivity index (χ1) is 32.0. The molecule has 2 saturated heterocycles. The zero-order valence-corrected chi connectivity index (χ0v) is 40.9. The zero-order chi connectivity index (χ0) is 48.2. The first-order valence-corrected chi connectivity index (χ1v) is 26.3. The number of hydrogen-bond donors (Lipinski definition) is 7. The number of ether oxygens (including phenoxy) is 6. The Kier molecular flexibility index (Phi) is 35.7. The summed E-state index contributed by atoms with van der Waals surface area (Å²) in [5.74, 6) is -0.926. The van der Waals surface area contributed by atoms with Crippen LogP contribution in [0.5, 0.6) is 0 Å². The fourth-order valence-corrected chi connectivity index (χ4v) is 8.38. The van der Waals surface area contributed by atoms with E-state index in [1.807, 2.05) is 0 Å². The second-order valence-corrected chi connectivity index (χ2v) is 18.7. The Morgan fingerprint density at radius 2 is 0.879 bits per heavy atom. The van der Waals surface area contributed by atoms with Crippen LogP contribution in [0.15, 0.2) is 12.2 Å². The molecule has 2 heterocycles. The predicted molar refractivity (Wildman–Crippen MR) is 252 cm³/mol. The molecule has 0 aliphatic carbocycles. The van der Waals surface area contributed by atoms with E-state index in [1.165, 1.54) is 109 Å². The molecule has 0 saturated carbocycles. The van der Waals surface area contributed by atoms with Gasteiger partial charge >= 0.3 is 11.9 Å². The lowest BCUT2D eigenvalue weighted by atomic mass is 9.98. The topological polar surface area (TPSA) is 231 Å². The zero-order valence-electron chi connectivity index (χ0n) is 40.9. The molecule has 11 atom stereocenters. The summed E-state index contributed by atoms with van der Waals surface area (Å²) in [6, 6.07) is 0. The van der Waals surface area contributed by atoms with Crippen LogP contribution in [0.4, 0.5) is 0 Å². The van der Waals surface area contributed by atoms with E-state index in [4.69, 9.17) is 28.4 Å². The minimum Gasteiger partial charge on any atom is -0.462 e. The average molecular weight is 947 g/mol. The summed E-state index contributed by atoms with van der Waals surface area (Å²) < 4.78 is 33.6. The maximum atomic E-state index is 13.0. The third-order valence-electron chi connectivity index (χ3n) is 12.7. The first-order valence-electron chi connectivity index (χ1n) is 26.3. The van der Waals surface area contributed by atoms with Gasteiger partial charge in [0.2, 0.25) is 0 Å². The average Bonchev–Trinajstić information content (AvgIpc) is 3.31. The van der Waals surface area contributed by atoms with Crippen molar-refractivity contribution in [3.63, 3.8) is 0 Å². The molecule has 0 aromatic rings. The van der Waals surface area contributed by atoms with Crippen LogP contribution in [0.1, 0.15) is 206 Å². The molecule has 2 aliphatic heterocycles. The highest BCUT2D eigenvalue weighted by Gasteiger charge is 2.47. The summed E-state index contributed by atoms with van der Waals surface area (Å²) in [6.07, 6.45) is 21.0. The Hall–Kier alpha value is -1.76. The second kappa shape index (κ2) is 39.0. The molecule has 0 bridgehead atoms. The van der Waals surface area contributed by atoms with Crippen LogP contribution >= 0.6 is 0 Å². The molecule has 0 radical (unpaired) electrons. The van der Waals surface area contributed by atoms with Crippen LogP contribution < -0.4 is 0 Å². The summed E-state index contributed by atoms with van der Waals surface area (Å²) in [6.45, 7) is 2.57. The van der Waals surface area contributed by atoms with Gasteiger partial charge in [0.1, 0.15) is 55.4 Å². The SMILES string of the molecule is CCCC/C=C/CCCCCCCC(=O)OC[C@H](CO[C@H]1O[C@@H](CO[C@H]2O[C@@H](CO)[C@@H](O)C(O)C2O)[C@@H](O)C(O)C1O)OC(=O)CCCCCCCCCCCCCCCCCCCCC. The molecule has 66 heavy (non-hydrogen) atoms. The van der Waals surface area contributed by atoms with Gasteiger partial charge in [-0.25, -0.2) is 0 Å². The van der Waals surface area contributed by atoms with E-state index in [9.17, 15) is 45.3 Å². The quantitative estimate of drug-likeness (QED) is 0.0180. The number of carbonyl (C=O) groups excluding carboxylic acids is 2. The van der Waals surface area contributed by atoms with Gasteiger partial charge < -0.3 is 64.2 Å². The van der Waals surface area contributed by atoms with E-state index in [-0.39, 0.29) is 26.1 Å². The van der Waals surface area contributed by atoms with E-state index in [0.717, 1.165) is 57.8 Å². The van der Waals surface area contributed by atoms with Gasteiger partial charge in [-0.15, -0.1) is 0 Å². The molecule has 0 amide bonds. The van der Waals surface area contributed by atoms with Gasteiger partial charge in [-0.3, -0.25) is 9.59 Å². The second-order valence-electron chi connectivity index (χ2n) is 18.7. The molecule has 0 aromatic heterocycles. The van der Waals surface area contributed by atoms with Gasteiger partial charge in [0.25, 0.3) is 0 Å². The van der Waals surface area contributed by atoms with Crippen molar-refractivity contribution >= 4 is 11.9 Å². The predicted octanol–water partition coefficient (Wildman–Crippen LogP) is 7.38. The van der Waals surface area contributed by atoms with E-state index in [1.54, 1.807) is 0 Å². The summed E-state index contributed by atoms with van der Waals surface area (Å²) >= 11 is 0. The minimum atomic E-state index is -1.76. The van der Waals surface area contributed by atoms with E-state index in [0.29, 0.717) is 12.8 Å². The molecule has 15 heteroatoms. The van der Waals surface area contributed by atoms with E-state index >= 15 is 0 Å². The van der Waals surface area contributed by atoms with Crippen LogP contribution in [0.2, 0.25) is 0 Å². The Labute approximate surface area is 397 Å². The largest absolute Gasteiger partial charge is 0.462 e. The van der Waals surface area contributed by atoms with Crippen molar-refractivity contribution in [3.05, 3.63) is 12.2 Å². The Morgan fingerprint density at radius 1 is 0.470 bits per heavy atom. The Bertz CT molecular complexity index is 1210. The number of carbonyl (C=O) groups is 2. The molecule has 0 aromatic carbocycles. The summed E-state index contributed by atoms with van der Waals surface area (Å²) in [4.78, 5) is 25.7. The normalized spacial score (nSPS) is 26.2. The van der Waals surface area contributed by atoms with Crippen molar-refractivity contribution in [1.82, 2.24) is 0 Å². The summed E-state index contributed by atoms with van der Waals surface area (Å²) in [7, 11) is 0. The molecule has 0 spiro atoms. The third kappa shape index (κ3) is 26.8. The number of unbranched alkanes of at least 4 members (excludes halogenated alkanes) is 25. The van der Waals surface area contributed by atoms with Gasteiger partial charge in [0.15, 0.2) is 18.7 Å². The molecular weight excluding hydrogens is 853 g/mol. The van der Waals surface area contributed by atoms with Crippen LogP contribution in [-0.2, 0) is 38.0 Å². The van der Waals surface area contributed by atoms with Crippen LogP contribution in [0.25, 0.3) is 0 Å². The number of hydrogen-bond acceptors (Lipinski definition) is 15. The van der Waals surface area contributed by atoms with Crippen LogP contribution in [0.3, 0.4) is 0 Å². The lowest BCUT2D eigenvalue weighted by molar-refractivity contribution is -0.332. The van der Waals surface area contributed by atoms with Gasteiger partial charge in [0, 0.05) is 12.8 Å². The van der Waals surface area contributed by atoms with Crippen molar-refractivity contribution in [3.8, 4) is 0 Å². The van der Waals surface area contributed by atoms with Crippen molar-refractivity contribution in [2.75, 3.05) is 26.4 Å². The molecule has 7 N–H and O–H groups in total. The summed E-state index contributed by atoms with van der Waals surface area (Å²) in [5.41, 5.74) is 0. The van der Waals surface area contributed by atoms with E-state index in [2.05, 4.69) is 26.0 Å². The van der Waals surface area contributed by atoms with Crippen molar-refractivity contribution in [2.45, 2.75) is 274 Å². The molecule has 2 rings (SSSR count). The van der Waals surface area contributed by atoms with Crippen molar-refractivity contribution in [2.24, 2.45) is 0 Å². The van der Waals surface area contributed by atoms with E-state index < -0.39 is 92.7 Å². The number of esters is 2. The first kappa shape index (κ1) is 60.4. The van der Waals surface area contributed by atoms with Gasteiger partial charge in [0.05, 0.1) is 19.8 Å². The maximum absolute atomic E-state index is 13.0. The maximum Gasteiger partial charge on any atom is 0.306 e. The highest BCUT2D eigenvalue weighted by Crippen LogP contribution is 2.26. The fourth-order valence-electron chi connectivity index (χ4n) is 8.38. The molecule has 388 valence electrons. The Balaban J connectivity index is 1.78. The highest BCUT2D eigenvalue weighted by atomic mass is 16.7. The molecular formula is C51H94O15. The molecule has 4 unspecified atom stereocenters. The number of allylic oxidation sites excluding steroid dienone is 2. The lowest BCUT2D eigenvalue weighted by Gasteiger charge is -2.42. The summed E-state index contributed by atoms with van der Waals surface area (Å²) in [5, 5.41) is 72.0. The van der Waals surface area contributed by atoms with Crippen molar-refractivity contribution in [1.29, 1.82) is 0 Å². The smallest absolute Gasteiger partial charge is 0.306 e. The number of rotatable bonds is 41. The number of aliphatic hydroxyl groups is 7. The highest BCUT2D eigenvalue weighted by molar-refractivity contribution is 5.70. The van der Waals surface area contributed by atoms with Crippen LogP contribution in [0, 0.1) is 0 Å². The Morgan fingerprint density at radius 3 is 1.38 bits per heavy atom. The molecule has 2 fully saturated rings. The standard InChI is InChI=1S/C51H94O15/c1-3-5-7-9-11-13-15-16-17-18-19-20-21-22-24-26-28-30-32-34-43(54)64-39(36-61-42(53)33-31-29-27-25-23-14-12-10-8-6-4-2)37-62-50-49(60)47(58)45(56)41(66-50)38-63-51-48(59)46(57)44(55)40(35-52)65-51/h10,12,39-41,44-52,55-60H,3-9,11,13-38H2,1-2H3/b12-10+/t39-,40+,41+,44-,45-,46?,47?,48?,49?,50+,51+/m1/s1. The fraction of sp³-hybridized carbons (Fsp3) is 0.922. The molecule has 2 aliphatic rings. The van der Waals surface area contributed by atoms with Crippen LogP contribution in [-0.4, -0.2) is 142 Å². The third-order valence-corrected chi connectivity index (χ3v) is 12.7. The number of aliphatic hydroxyl groups excluding tert-OH is 7. The van der Waals surface area contributed by atoms with Gasteiger partial charge in [-0.05, 0) is 32.1 Å². The van der Waals surface area contributed by atoms with Crippen molar-refractivity contribution < 1.29 is 73.8 Å². The lowest BCUT2D eigenvalue weighted by Crippen LogP contribution is -2.61. The minimum absolute atomic E-state index is 0.169. The monoisotopic (exact) mass is 947 g/mol. The van der Waals surface area contributed by atoms with Gasteiger partial charge in [-0.2, -0.15) is 0 Å². The van der Waals surface area contributed by atoms with Gasteiger partial charge in [-0.1, -0.05) is 174 Å². The molecule has 15 nitrogen and oxygen atoms in total.